The molecule has 0 amide bonds. The molecule has 0 bridgehead atoms. The monoisotopic (exact) mass is 204 g/mol. The lowest BCUT2D eigenvalue weighted by molar-refractivity contribution is 0.581. The van der Waals surface area contributed by atoms with E-state index >= 15 is 0 Å². The molecule has 0 aliphatic carbocycles. The van der Waals surface area contributed by atoms with E-state index in [1.807, 2.05) is 24.3 Å². The molecule has 1 rings (SSSR count). The molecule has 0 heterocycles. The summed E-state index contributed by atoms with van der Waals surface area (Å²) in [6.07, 6.45) is 0.403. The Balaban J connectivity index is 2.91. The van der Waals surface area contributed by atoms with Gasteiger partial charge in [0.15, 0.2) is 0 Å². The van der Waals surface area contributed by atoms with Crippen LogP contribution >= 0.6 is 11.6 Å². The Morgan fingerprint density at radius 1 is 1.36 bits per heavy atom. The maximum absolute atomic E-state index is 8.81. The van der Waals surface area contributed by atoms with E-state index in [9.17, 15) is 0 Å². The van der Waals surface area contributed by atoms with E-state index in [1.54, 1.807) is 19.1 Å². The van der Waals surface area contributed by atoms with Crippen LogP contribution in [0.2, 0.25) is 5.02 Å². The number of halogens is 1. The Morgan fingerprint density at radius 2 is 2.00 bits per heavy atom. The summed E-state index contributed by atoms with van der Waals surface area (Å²) >= 11 is 5.79. The fourth-order valence-corrected chi connectivity index (χ4v) is 1.37. The third kappa shape index (κ3) is 2.49. The lowest BCUT2D eigenvalue weighted by Gasteiger charge is -2.11. The largest absolute Gasteiger partial charge is 0.197 e. The average Bonchev–Trinajstić information content (AvgIpc) is 2.18. The smallest absolute Gasteiger partial charge is 0.145 e. The molecule has 0 aromatic heterocycles. The summed E-state index contributed by atoms with van der Waals surface area (Å²) in [5.74, 6) is 0. The van der Waals surface area contributed by atoms with Gasteiger partial charge in [-0.2, -0.15) is 10.5 Å². The van der Waals surface area contributed by atoms with E-state index in [0.29, 0.717) is 11.4 Å². The number of hydrogen-bond donors (Lipinski definition) is 0. The highest BCUT2D eigenvalue weighted by atomic mass is 35.5. The van der Waals surface area contributed by atoms with Crippen molar-refractivity contribution in [2.45, 2.75) is 13.3 Å². The molecule has 2 nitrogen and oxygen atoms in total. The second kappa shape index (κ2) is 4.13. The van der Waals surface area contributed by atoms with Gasteiger partial charge in [0.25, 0.3) is 0 Å². The normalized spacial score (nSPS) is 10.3. The van der Waals surface area contributed by atoms with Crippen molar-refractivity contribution in [1.29, 1.82) is 10.5 Å². The minimum atomic E-state index is -0.968. The first-order valence-electron chi connectivity index (χ1n) is 4.16. The van der Waals surface area contributed by atoms with Crippen LogP contribution in [-0.2, 0) is 6.42 Å². The first-order valence-corrected chi connectivity index (χ1v) is 4.54. The Hall–Kier alpha value is -1.51. The molecule has 0 unspecified atom stereocenters. The Morgan fingerprint density at radius 3 is 2.50 bits per heavy atom. The van der Waals surface area contributed by atoms with Crippen LogP contribution in [0.15, 0.2) is 24.3 Å². The van der Waals surface area contributed by atoms with Crippen molar-refractivity contribution in [3.05, 3.63) is 34.9 Å². The summed E-state index contributed by atoms with van der Waals surface area (Å²) in [6, 6.07) is 11.2. The predicted molar refractivity (Wildman–Crippen MR) is 54.5 cm³/mol. The van der Waals surface area contributed by atoms with Crippen molar-refractivity contribution >= 4 is 11.6 Å². The second-order valence-electron chi connectivity index (χ2n) is 3.36. The number of rotatable bonds is 2. The Bertz CT molecular complexity index is 398. The van der Waals surface area contributed by atoms with Crippen LogP contribution in [0.5, 0.6) is 0 Å². The molecule has 70 valence electrons. The Kier molecular flexibility index (Phi) is 3.12. The fraction of sp³-hybridized carbons (Fsp3) is 0.273. The van der Waals surface area contributed by atoms with Crippen LogP contribution in [0.3, 0.4) is 0 Å². The summed E-state index contributed by atoms with van der Waals surface area (Å²) in [6.45, 7) is 1.62. The van der Waals surface area contributed by atoms with Gasteiger partial charge in [0.05, 0.1) is 12.1 Å². The highest BCUT2D eigenvalue weighted by molar-refractivity contribution is 6.30. The summed E-state index contributed by atoms with van der Waals surface area (Å²) in [5, 5.41) is 18.2. The minimum Gasteiger partial charge on any atom is -0.197 e. The maximum atomic E-state index is 8.81. The molecule has 0 atom stereocenters. The van der Waals surface area contributed by atoms with Crippen molar-refractivity contribution in [2.75, 3.05) is 0 Å². The van der Waals surface area contributed by atoms with Gasteiger partial charge < -0.3 is 0 Å². The van der Waals surface area contributed by atoms with Gasteiger partial charge in [-0.3, -0.25) is 0 Å². The summed E-state index contributed by atoms with van der Waals surface area (Å²) in [4.78, 5) is 0. The predicted octanol–water partition coefficient (Wildman–Crippen LogP) is 2.94. The van der Waals surface area contributed by atoms with Gasteiger partial charge in [-0.25, -0.2) is 0 Å². The van der Waals surface area contributed by atoms with Gasteiger partial charge in [-0.05, 0) is 24.6 Å². The molecule has 0 fully saturated rings. The van der Waals surface area contributed by atoms with Crippen LogP contribution in [0.1, 0.15) is 12.5 Å². The molecule has 3 heteroatoms. The number of hydrogen-bond acceptors (Lipinski definition) is 2. The zero-order valence-electron chi connectivity index (χ0n) is 7.79. The quantitative estimate of drug-likeness (QED) is 0.744. The summed E-state index contributed by atoms with van der Waals surface area (Å²) in [7, 11) is 0. The Labute approximate surface area is 88.3 Å². The van der Waals surface area contributed by atoms with E-state index in [1.165, 1.54) is 0 Å². The first-order chi connectivity index (χ1) is 6.59. The van der Waals surface area contributed by atoms with Gasteiger partial charge in [0.1, 0.15) is 5.41 Å². The van der Waals surface area contributed by atoms with Crippen LogP contribution in [0, 0.1) is 28.1 Å². The highest BCUT2D eigenvalue weighted by Gasteiger charge is 2.23. The van der Waals surface area contributed by atoms with Crippen molar-refractivity contribution in [3.8, 4) is 12.1 Å². The van der Waals surface area contributed by atoms with E-state index < -0.39 is 5.41 Å². The molecule has 0 saturated heterocycles. The summed E-state index contributed by atoms with van der Waals surface area (Å²) < 4.78 is 0. The average molecular weight is 205 g/mol. The van der Waals surface area contributed by atoms with Crippen molar-refractivity contribution in [2.24, 2.45) is 5.41 Å². The van der Waals surface area contributed by atoms with Crippen molar-refractivity contribution in [1.82, 2.24) is 0 Å². The van der Waals surface area contributed by atoms with Gasteiger partial charge >= 0.3 is 0 Å². The van der Waals surface area contributed by atoms with Gasteiger partial charge in [0, 0.05) is 11.4 Å². The van der Waals surface area contributed by atoms with Crippen LogP contribution in [0.25, 0.3) is 0 Å². The molecular formula is C11H9ClN2. The van der Waals surface area contributed by atoms with E-state index in [0.717, 1.165) is 5.56 Å². The molecule has 0 aliphatic rings. The topological polar surface area (TPSA) is 47.6 Å². The van der Waals surface area contributed by atoms with Crippen molar-refractivity contribution in [3.63, 3.8) is 0 Å². The number of benzene rings is 1. The molecule has 1 aromatic rings. The van der Waals surface area contributed by atoms with Crippen LogP contribution in [0.4, 0.5) is 0 Å². The lowest BCUT2D eigenvalue weighted by Crippen LogP contribution is -2.14. The molecular weight excluding hydrogens is 196 g/mol. The zero-order chi connectivity index (χ0) is 10.6. The number of nitriles is 2. The third-order valence-corrected chi connectivity index (χ3v) is 2.18. The molecule has 0 saturated carbocycles. The van der Waals surface area contributed by atoms with Gasteiger partial charge in [0.2, 0.25) is 0 Å². The molecule has 0 spiro atoms. The first kappa shape index (κ1) is 10.6. The highest BCUT2D eigenvalue weighted by Crippen LogP contribution is 2.22. The lowest BCUT2D eigenvalue weighted by atomic mass is 9.87. The molecule has 14 heavy (non-hydrogen) atoms. The maximum Gasteiger partial charge on any atom is 0.145 e. The molecule has 0 aliphatic heterocycles. The molecule has 0 N–H and O–H groups in total. The number of nitrogens with zero attached hydrogens (tertiary/aromatic N) is 2. The molecule has 1 aromatic carbocycles. The third-order valence-electron chi connectivity index (χ3n) is 1.94. The van der Waals surface area contributed by atoms with E-state index in [4.69, 9.17) is 22.1 Å². The molecule has 0 radical (unpaired) electrons. The van der Waals surface area contributed by atoms with Gasteiger partial charge in [-0.1, -0.05) is 23.7 Å². The fourth-order valence-electron chi connectivity index (χ4n) is 1.16. The van der Waals surface area contributed by atoms with Crippen LogP contribution in [-0.4, -0.2) is 0 Å². The van der Waals surface area contributed by atoms with Crippen molar-refractivity contribution < 1.29 is 0 Å². The standard InChI is InChI=1S/C11H9ClN2/c1-11(7-13,8-14)6-9-3-2-4-10(12)5-9/h2-5H,6H2,1H3. The second-order valence-corrected chi connectivity index (χ2v) is 3.80. The summed E-state index contributed by atoms with van der Waals surface area (Å²) in [5.41, 5.74) is -0.0619. The van der Waals surface area contributed by atoms with E-state index in [2.05, 4.69) is 0 Å². The van der Waals surface area contributed by atoms with E-state index in [-0.39, 0.29) is 0 Å². The zero-order valence-corrected chi connectivity index (χ0v) is 8.54. The van der Waals surface area contributed by atoms with Crippen LogP contribution < -0.4 is 0 Å². The minimum absolute atomic E-state index is 0.403. The van der Waals surface area contributed by atoms with Gasteiger partial charge in [-0.15, -0.1) is 0 Å². The SMILES string of the molecule is CC(C#N)(C#N)Cc1cccc(Cl)c1.